The van der Waals surface area contributed by atoms with E-state index in [0.717, 1.165) is 11.4 Å². The third-order valence-electron chi connectivity index (χ3n) is 5.39. The Hall–Kier alpha value is -3.01. The summed E-state index contributed by atoms with van der Waals surface area (Å²) in [6, 6.07) is 13.0. The predicted octanol–water partition coefficient (Wildman–Crippen LogP) is 6.53. The first-order valence-electron chi connectivity index (χ1n) is 11.8. The van der Waals surface area contributed by atoms with Crippen molar-refractivity contribution in [3.05, 3.63) is 81.1 Å². The molecule has 4 aromatic rings. The van der Waals surface area contributed by atoms with Gasteiger partial charge in [0.2, 0.25) is 0 Å². The molecule has 200 valence electrons. The summed E-state index contributed by atoms with van der Waals surface area (Å²) in [5, 5.41) is 7.68. The summed E-state index contributed by atoms with van der Waals surface area (Å²) < 4.78 is 32.4. The van der Waals surface area contributed by atoms with E-state index in [1.54, 1.807) is 54.8 Å². The number of fused-ring (bicyclic) bond motifs is 1. The second-order valence-electron chi connectivity index (χ2n) is 8.16. The van der Waals surface area contributed by atoms with E-state index in [1.807, 2.05) is 19.9 Å². The van der Waals surface area contributed by atoms with Crippen LogP contribution in [-0.2, 0) is 13.6 Å². The number of carbonyl (C=O) groups excluding carboxylic acids is 1. The molecule has 1 atom stereocenters. The second kappa shape index (κ2) is 11.8. The molecule has 0 saturated heterocycles. The molecule has 4 rings (SSSR count). The molecule has 2 aromatic carbocycles. The number of carbonyl (C=O) groups is 1. The maximum Gasteiger partial charge on any atom is 0.357 e. The summed E-state index contributed by atoms with van der Waals surface area (Å²) in [5.74, 6) is -1.29. The summed E-state index contributed by atoms with van der Waals surface area (Å²) in [6.45, 7) is 7.25. The van der Waals surface area contributed by atoms with E-state index in [0.29, 0.717) is 16.4 Å². The number of aromatic nitrogens is 4. The lowest BCUT2D eigenvalue weighted by atomic mass is 10.1. The van der Waals surface area contributed by atoms with Gasteiger partial charge in [0.25, 0.3) is 11.7 Å². The van der Waals surface area contributed by atoms with Crippen LogP contribution in [-0.4, -0.2) is 38.7 Å². The quantitative estimate of drug-likeness (QED) is 0.211. The Kier molecular flexibility index (Phi) is 8.70. The highest BCUT2D eigenvalue weighted by Crippen LogP contribution is 2.60. The summed E-state index contributed by atoms with van der Waals surface area (Å²) in [4.78, 5) is 22.3. The second-order valence-corrected chi connectivity index (χ2v) is 11.1. The average Bonchev–Trinajstić information content (AvgIpc) is 3.26. The summed E-state index contributed by atoms with van der Waals surface area (Å²) in [7, 11) is -3.92. The number of nitrogens with one attached hydrogen (secondary N) is 1. The van der Waals surface area contributed by atoms with Crippen LogP contribution in [0.1, 0.15) is 46.9 Å². The zero-order valence-electron chi connectivity index (χ0n) is 21.1. The fourth-order valence-corrected chi connectivity index (χ4v) is 6.36. The first kappa shape index (κ1) is 28.0. The first-order chi connectivity index (χ1) is 18.1. The Labute approximate surface area is 229 Å². The Bertz CT molecular complexity index is 1520. The van der Waals surface area contributed by atoms with E-state index < -0.39 is 19.3 Å². The van der Waals surface area contributed by atoms with Gasteiger partial charge in [-0.05, 0) is 58.0 Å². The van der Waals surface area contributed by atoms with Crippen LogP contribution in [0.15, 0.2) is 48.5 Å². The van der Waals surface area contributed by atoms with Crippen molar-refractivity contribution < 1.29 is 23.1 Å². The van der Waals surface area contributed by atoms with E-state index in [-0.39, 0.29) is 35.6 Å². The number of hydrogen-bond donors (Lipinski definition) is 1. The van der Waals surface area contributed by atoms with Crippen molar-refractivity contribution in [2.75, 3.05) is 13.2 Å². The zero-order chi connectivity index (χ0) is 27.4. The molecule has 0 aliphatic heterocycles. The van der Waals surface area contributed by atoms with Crippen molar-refractivity contribution in [3.8, 4) is 11.8 Å². The number of hydrogen-bond acceptors (Lipinski definition) is 8. The molecule has 0 spiro atoms. The van der Waals surface area contributed by atoms with Gasteiger partial charge in [0.1, 0.15) is 5.75 Å². The number of rotatable bonds is 10. The number of aryl methyl sites for hydroxylation is 2. The molecule has 0 fully saturated rings. The molecule has 1 N–H and O–H groups in total. The van der Waals surface area contributed by atoms with Gasteiger partial charge in [0.15, 0.2) is 5.78 Å². The fourth-order valence-electron chi connectivity index (χ4n) is 3.83. The standard InChI is InChI=1S/C25H26Cl2N5O5P/c1-5-35-38(34,36-6-2)23(18-12-11-17(26)14-20(18)27)29-22(33)19-9-7-8-10-21(19)37-25-30-24-28-15(3)13-16(4)32(24)31-25/h7-14,23H,5-6H2,1-4H3,(H,29,33). The van der Waals surface area contributed by atoms with Crippen molar-refractivity contribution >= 4 is 42.5 Å². The Morgan fingerprint density at radius 3 is 2.45 bits per heavy atom. The van der Waals surface area contributed by atoms with Crippen LogP contribution in [0.3, 0.4) is 0 Å². The number of benzene rings is 2. The topological polar surface area (TPSA) is 117 Å². The van der Waals surface area contributed by atoms with Gasteiger partial charge >= 0.3 is 13.6 Å². The summed E-state index contributed by atoms with van der Waals surface area (Å²) in [5.41, 5.74) is 2.08. The molecular weight excluding hydrogens is 552 g/mol. The van der Waals surface area contributed by atoms with E-state index in [9.17, 15) is 9.36 Å². The van der Waals surface area contributed by atoms with Gasteiger partial charge in [-0.1, -0.05) is 41.4 Å². The van der Waals surface area contributed by atoms with Crippen LogP contribution >= 0.6 is 30.8 Å². The highest BCUT2D eigenvalue weighted by Gasteiger charge is 2.40. The van der Waals surface area contributed by atoms with Crippen molar-refractivity contribution in [2.24, 2.45) is 0 Å². The van der Waals surface area contributed by atoms with Crippen LogP contribution in [0.25, 0.3) is 5.78 Å². The van der Waals surface area contributed by atoms with Crippen LogP contribution < -0.4 is 10.1 Å². The smallest absolute Gasteiger partial charge is 0.357 e. The maximum absolute atomic E-state index is 13.8. The summed E-state index contributed by atoms with van der Waals surface area (Å²) in [6.07, 6.45) is 0. The highest BCUT2D eigenvalue weighted by molar-refractivity contribution is 7.54. The molecule has 0 aliphatic carbocycles. The third-order valence-corrected chi connectivity index (χ3v) is 8.23. The number of ether oxygens (including phenoxy) is 1. The summed E-state index contributed by atoms with van der Waals surface area (Å²) >= 11 is 12.5. The van der Waals surface area contributed by atoms with Crippen molar-refractivity contribution in [1.82, 2.24) is 24.9 Å². The zero-order valence-corrected chi connectivity index (χ0v) is 23.5. The average molecular weight is 578 g/mol. The van der Waals surface area contributed by atoms with Crippen LogP contribution in [0.5, 0.6) is 11.8 Å². The number of halogens is 2. The fraction of sp³-hybridized carbons (Fsp3) is 0.280. The van der Waals surface area contributed by atoms with Crippen LogP contribution in [0.4, 0.5) is 0 Å². The largest absolute Gasteiger partial charge is 0.422 e. The van der Waals surface area contributed by atoms with Gasteiger partial charge in [-0.2, -0.15) is 9.50 Å². The maximum atomic E-state index is 13.8. The van der Waals surface area contributed by atoms with Gasteiger partial charge in [0, 0.05) is 27.0 Å². The molecular formula is C25H26Cl2N5O5P. The molecule has 10 nitrogen and oxygen atoms in total. The molecule has 0 radical (unpaired) electrons. The van der Waals surface area contributed by atoms with E-state index >= 15 is 0 Å². The lowest BCUT2D eigenvalue weighted by Crippen LogP contribution is -2.30. The van der Waals surface area contributed by atoms with Crippen molar-refractivity contribution in [1.29, 1.82) is 0 Å². The molecule has 1 unspecified atom stereocenters. The lowest BCUT2D eigenvalue weighted by molar-refractivity contribution is 0.0934. The van der Waals surface area contributed by atoms with Gasteiger partial charge in [-0.15, -0.1) is 5.10 Å². The highest BCUT2D eigenvalue weighted by atomic mass is 35.5. The minimum absolute atomic E-state index is 0.0121. The molecule has 2 heterocycles. The van der Waals surface area contributed by atoms with Gasteiger partial charge in [0.05, 0.1) is 18.8 Å². The van der Waals surface area contributed by atoms with Crippen LogP contribution in [0.2, 0.25) is 10.0 Å². The number of amides is 1. The van der Waals surface area contributed by atoms with E-state index in [2.05, 4.69) is 20.4 Å². The third kappa shape index (κ3) is 6.00. The Balaban J connectivity index is 1.70. The molecule has 0 saturated carbocycles. The first-order valence-corrected chi connectivity index (χ1v) is 14.1. The minimum atomic E-state index is -3.92. The van der Waals surface area contributed by atoms with Crippen molar-refractivity contribution in [3.63, 3.8) is 0 Å². The van der Waals surface area contributed by atoms with Gasteiger partial charge in [-0.25, -0.2) is 4.98 Å². The van der Waals surface area contributed by atoms with Crippen LogP contribution in [0, 0.1) is 13.8 Å². The number of para-hydroxylation sites is 1. The van der Waals surface area contributed by atoms with Gasteiger partial charge in [-0.3, -0.25) is 9.36 Å². The van der Waals surface area contributed by atoms with E-state index in [1.165, 1.54) is 6.07 Å². The number of nitrogens with zero attached hydrogens (tertiary/aromatic N) is 4. The molecule has 2 aromatic heterocycles. The molecule has 0 bridgehead atoms. The van der Waals surface area contributed by atoms with Crippen molar-refractivity contribution in [2.45, 2.75) is 33.5 Å². The Morgan fingerprint density at radius 1 is 1.05 bits per heavy atom. The van der Waals surface area contributed by atoms with Gasteiger partial charge < -0.3 is 19.1 Å². The normalized spacial score (nSPS) is 12.5. The molecule has 1 amide bonds. The Morgan fingerprint density at radius 2 is 1.76 bits per heavy atom. The molecule has 13 heteroatoms. The SMILES string of the molecule is CCOP(=O)(OCC)C(NC(=O)c1ccccc1Oc1nc2nc(C)cc(C)n2n1)c1ccc(Cl)cc1Cl. The monoisotopic (exact) mass is 577 g/mol. The molecule has 0 aliphatic rings. The molecule has 38 heavy (non-hydrogen) atoms. The van der Waals surface area contributed by atoms with E-state index in [4.69, 9.17) is 37.0 Å². The lowest BCUT2D eigenvalue weighted by Gasteiger charge is -2.28. The predicted molar refractivity (Wildman–Crippen MR) is 144 cm³/mol. The minimum Gasteiger partial charge on any atom is -0.422 e.